The van der Waals surface area contributed by atoms with Crippen LogP contribution in [0.5, 0.6) is 5.75 Å². The van der Waals surface area contributed by atoms with Crippen LogP contribution in [0.2, 0.25) is 0 Å². The van der Waals surface area contributed by atoms with Crippen LogP contribution in [0, 0.1) is 0 Å². The van der Waals surface area contributed by atoms with Gasteiger partial charge in [0.05, 0.1) is 25.2 Å². The summed E-state index contributed by atoms with van der Waals surface area (Å²) in [6.07, 6.45) is -3.53. The number of carboxylic acids is 1. The number of aliphatic hydroxyl groups is 2. The van der Waals surface area contributed by atoms with Crippen molar-refractivity contribution in [1.29, 1.82) is 0 Å². The average molecular weight is 555 g/mol. The molecule has 216 valence electrons. The summed E-state index contributed by atoms with van der Waals surface area (Å²) in [4.78, 5) is 72.7. The molecule has 0 fully saturated rings. The average Bonchev–Trinajstić information content (AvgIpc) is 2.84. The van der Waals surface area contributed by atoms with E-state index in [1.165, 1.54) is 31.2 Å². The van der Waals surface area contributed by atoms with Crippen LogP contribution in [0.3, 0.4) is 0 Å². The number of hydrogen-bond acceptors (Lipinski definition) is 10. The normalized spacial score (nSPS) is 15.4. The highest BCUT2D eigenvalue weighted by Crippen LogP contribution is 2.12. The largest absolute Gasteiger partial charge is 0.508 e. The van der Waals surface area contributed by atoms with Crippen LogP contribution < -0.4 is 32.7 Å². The lowest BCUT2D eigenvalue weighted by atomic mass is 10.0. The Hall–Kier alpha value is -4.28. The number of primary amides is 1. The fourth-order valence-corrected chi connectivity index (χ4v) is 3.15. The summed E-state index contributed by atoms with van der Waals surface area (Å²) in [6, 6.07) is -0.396. The lowest BCUT2D eigenvalue weighted by Gasteiger charge is -2.23. The Bertz CT molecular complexity index is 1050. The molecule has 1 aromatic carbocycles. The summed E-state index contributed by atoms with van der Waals surface area (Å²) < 4.78 is 0. The molecule has 0 spiro atoms. The van der Waals surface area contributed by atoms with Gasteiger partial charge in [-0.25, -0.2) is 4.79 Å². The fourth-order valence-electron chi connectivity index (χ4n) is 3.15. The highest BCUT2D eigenvalue weighted by molar-refractivity contribution is 5.96. The molecule has 6 atom stereocenters. The van der Waals surface area contributed by atoms with Gasteiger partial charge in [-0.05, 0) is 31.5 Å². The quantitative estimate of drug-likeness (QED) is 0.0986. The molecule has 0 heterocycles. The lowest BCUT2D eigenvalue weighted by Crippen LogP contribution is -2.57. The number of amides is 5. The summed E-state index contributed by atoms with van der Waals surface area (Å²) in [5.74, 6) is -6.33. The Morgan fingerprint density at radius 2 is 1.44 bits per heavy atom. The van der Waals surface area contributed by atoms with Crippen LogP contribution in [-0.4, -0.2) is 98.9 Å². The first-order valence-corrected chi connectivity index (χ1v) is 11.7. The van der Waals surface area contributed by atoms with Crippen molar-refractivity contribution in [2.24, 2.45) is 11.5 Å². The first-order valence-electron chi connectivity index (χ1n) is 11.7. The topological polar surface area (TPSA) is 284 Å². The molecule has 12 N–H and O–H groups in total. The Labute approximate surface area is 223 Å². The van der Waals surface area contributed by atoms with Gasteiger partial charge < -0.3 is 53.2 Å². The lowest BCUT2D eigenvalue weighted by molar-refractivity contribution is -0.145. The molecule has 0 bridgehead atoms. The summed E-state index contributed by atoms with van der Waals surface area (Å²) >= 11 is 0. The summed E-state index contributed by atoms with van der Waals surface area (Å²) in [5, 5.41) is 46.6. The van der Waals surface area contributed by atoms with Crippen molar-refractivity contribution < 1.29 is 49.2 Å². The van der Waals surface area contributed by atoms with E-state index in [1.54, 1.807) is 0 Å². The van der Waals surface area contributed by atoms with Crippen LogP contribution in [-0.2, 0) is 35.2 Å². The molecule has 39 heavy (non-hydrogen) atoms. The molecule has 0 aromatic heterocycles. The number of rotatable bonds is 15. The second-order valence-corrected chi connectivity index (χ2v) is 8.77. The van der Waals surface area contributed by atoms with Crippen LogP contribution in [0.25, 0.3) is 0 Å². The van der Waals surface area contributed by atoms with Crippen molar-refractivity contribution in [3.8, 4) is 5.75 Å². The van der Waals surface area contributed by atoms with Gasteiger partial charge in [-0.3, -0.25) is 24.0 Å². The molecule has 1 aromatic rings. The molecule has 0 saturated heterocycles. The number of nitrogens with one attached hydrogen (secondary N) is 4. The molecule has 16 nitrogen and oxygen atoms in total. The highest BCUT2D eigenvalue weighted by atomic mass is 16.4. The molecular weight excluding hydrogens is 520 g/mol. The van der Waals surface area contributed by atoms with E-state index >= 15 is 0 Å². The zero-order valence-electron chi connectivity index (χ0n) is 21.3. The molecule has 0 aliphatic heterocycles. The van der Waals surface area contributed by atoms with Crippen LogP contribution >= 0.6 is 0 Å². The summed E-state index contributed by atoms with van der Waals surface area (Å²) in [5.41, 5.74) is 11.1. The second-order valence-electron chi connectivity index (χ2n) is 8.77. The third kappa shape index (κ3) is 11.3. The van der Waals surface area contributed by atoms with Crippen molar-refractivity contribution in [1.82, 2.24) is 21.3 Å². The number of nitrogens with two attached hydrogens (primary N) is 2. The number of aliphatic hydroxyl groups excluding tert-OH is 2. The molecule has 0 aliphatic carbocycles. The van der Waals surface area contributed by atoms with E-state index < -0.39 is 84.8 Å². The predicted octanol–water partition coefficient (Wildman–Crippen LogP) is -4.45. The van der Waals surface area contributed by atoms with Gasteiger partial charge >= 0.3 is 5.97 Å². The third-order valence-corrected chi connectivity index (χ3v) is 5.36. The monoisotopic (exact) mass is 554 g/mol. The Balaban J connectivity index is 2.96. The van der Waals surface area contributed by atoms with E-state index in [0.717, 1.165) is 6.92 Å². The molecule has 0 radical (unpaired) electrons. The minimum atomic E-state index is -1.68. The van der Waals surface area contributed by atoms with Gasteiger partial charge in [-0.15, -0.1) is 0 Å². The zero-order chi connectivity index (χ0) is 29.9. The summed E-state index contributed by atoms with van der Waals surface area (Å²) in [7, 11) is 0. The van der Waals surface area contributed by atoms with E-state index in [0.29, 0.717) is 5.56 Å². The molecule has 0 saturated carbocycles. The number of phenols is 1. The van der Waals surface area contributed by atoms with Gasteiger partial charge in [0.2, 0.25) is 29.5 Å². The maximum absolute atomic E-state index is 12.8. The molecular formula is C23H34N6O10. The number of carboxylic acid groups (broad SMARTS) is 1. The standard InChI is InChI=1S/C23H34N6O10/c1-10(30)18(25)22(37)28-15(8-16(24)33)20(35)26-9-17(34)27-14(7-12-3-5-13(32)6-4-12)21(36)29-19(11(2)31)23(38)39/h3-6,10-11,14-15,18-19,30-32H,7-9,25H2,1-2H3,(H2,24,33)(H,26,35)(H,27,34)(H,28,37)(H,29,36)(H,38,39)/t10-,11-,14+,15+,18+,19+/m1/s1. The SMILES string of the molecule is C[C@@H](O)[C@H](N)C(=O)N[C@@H](CC(N)=O)C(=O)NCC(=O)N[C@@H](Cc1ccc(O)cc1)C(=O)N[C@H](C(=O)O)[C@@H](C)O. The smallest absolute Gasteiger partial charge is 0.328 e. The zero-order valence-corrected chi connectivity index (χ0v) is 21.3. The number of benzene rings is 1. The van der Waals surface area contributed by atoms with Crippen LogP contribution in [0.15, 0.2) is 24.3 Å². The van der Waals surface area contributed by atoms with Crippen molar-refractivity contribution >= 4 is 35.5 Å². The van der Waals surface area contributed by atoms with E-state index in [4.69, 9.17) is 11.5 Å². The number of carbonyl (C=O) groups excluding carboxylic acids is 5. The van der Waals surface area contributed by atoms with Gasteiger partial charge in [0.25, 0.3) is 0 Å². The third-order valence-electron chi connectivity index (χ3n) is 5.36. The van der Waals surface area contributed by atoms with Crippen molar-refractivity contribution in [3.63, 3.8) is 0 Å². The summed E-state index contributed by atoms with van der Waals surface area (Å²) in [6.45, 7) is 1.66. The van der Waals surface area contributed by atoms with Crippen LogP contribution in [0.4, 0.5) is 0 Å². The van der Waals surface area contributed by atoms with Crippen molar-refractivity contribution in [2.75, 3.05) is 6.54 Å². The predicted molar refractivity (Wildman–Crippen MR) is 133 cm³/mol. The number of hydrogen-bond donors (Lipinski definition) is 10. The van der Waals surface area contributed by atoms with Gasteiger partial charge in [0.15, 0.2) is 6.04 Å². The number of phenolic OH excluding ortho intramolecular Hbond substituents is 1. The van der Waals surface area contributed by atoms with Crippen LogP contribution in [0.1, 0.15) is 25.8 Å². The second kappa shape index (κ2) is 15.2. The molecule has 1 rings (SSSR count). The fraction of sp³-hybridized carbons (Fsp3) is 0.478. The van der Waals surface area contributed by atoms with Gasteiger partial charge in [0.1, 0.15) is 23.9 Å². The highest BCUT2D eigenvalue weighted by Gasteiger charge is 2.31. The number of aromatic hydroxyl groups is 1. The van der Waals surface area contributed by atoms with E-state index in [-0.39, 0.29) is 12.2 Å². The molecule has 0 aliphatic rings. The Morgan fingerprint density at radius 3 is 1.92 bits per heavy atom. The van der Waals surface area contributed by atoms with Crippen molar-refractivity contribution in [3.05, 3.63) is 29.8 Å². The number of carbonyl (C=O) groups is 6. The first kappa shape index (κ1) is 32.7. The van der Waals surface area contributed by atoms with Gasteiger partial charge in [0, 0.05) is 6.42 Å². The van der Waals surface area contributed by atoms with Gasteiger partial charge in [-0.2, -0.15) is 0 Å². The van der Waals surface area contributed by atoms with Gasteiger partial charge in [-0.1, -0.05) is 12.1 Å². The molecule has 0 unspecified atom stereocenters. The van der Waals surface area contributed by atoms with E-state index in [9.17, 15) is 49.2 Å². The number of aliphatic carboxylic acids is 1. The Kier molecular flexibility index (Phi) is 12.8. The molecule has 5 amide bonds. The Morgan fingerprint density at radius 1 is 0.846 bits per heavy atom. The maximum Gasteiger partial charge on any atom is 0.328 e. The van der Waals surface area contributed by atoms with E-state index in [1.807, 2.05) is 0 Å². The van der Waals surface area contributed by atoms with Crippen molar-refractivity contribution in [2.45, 2.75) is 63.1 Å². The van der Waals surface area contributed by atoms with E-state index in [2.05, 4.69) is 21.3 Å². The maximum atomic E-state index is 12.8. The minimum Gasteiger partial charge on any atom is -0.508 e. The minimum absolute atomic E-state index is 0.0569. The molecule has 16 heteroatoms. The first-order chi connectivity index (χ1) is 18.1.